The molecule has 1 rings (SSSR count). The van der Waals surface area contributed by atoms with E-state index in [-0.39, 0.29) is 0 Å². The van der Waals surface area contributed by atoms with Crippen molar-refractivity contribution >= 4 is 5.69 Å². The number of hydrogen-bond donors (Lipinski definition) is 1. The van der Waals surface area contributed by atoms with E-state index >= 15 is 0 Å². The first-order chi connectivity index (χ1) is 8.25. The second-order valence-electron chi connectivity index (χ2n) is 3.78. The van der Waals surface area contributed by atoms with Crippen LogP contribution in [-0.2, 0) is 9.47 Å². The molecule has 96 valence electrons. The summed E-state index contributed by atoms with van der Waals surface area (Å²) in [6.45, 7) is 4.50. The van der Waals surface area contributed by atoms with Gasteiger partial charge in [-0.3, -0.25) is 0 Å². The molecule has 0 aliphatic carbocycles. The molecule has 2 N–H and O–H groups in total. The molecule has 0 heterocycles. The van der Waals surface area contributed by atoms with Crippen molar-refractivity contribution in [3.63, 3.8) is 0 Å². The lowest BCUT2D eigenvalue weighted by Gasteiger charge is -2.10. The van der Waals surface area contributed by atoms with Crippen LogP contribution in [0.25, 0.3) is 0 Å². The van der Waals surface area contributed by atoms with E-state index < -0.39 is 0 Å². The van der Waals surface area contributed by atoms with Crippen molar-refractivity contribution in [2.24, 2.45) is 0 Å². The van der Waals surface area contributed by atoms with Crippen LogP contribution in [-0.4, -0.2) is 33.5 Å². The molecule has 0 bridgehead atoms. The van der Waals surface area contributed by atoms with Crippen molar-refractivity contribution in [3.8, 4) is 5.75 Å². The van der Waals surface area contributed by atoms with Crippen molar-refractivity contribution in [1.82, 2.24) is 0 Å². The van der Waals surface area contributed by atoms with Gasteiger partial charge in [-0.1, -0.05) is 6.07 Å². The standard InChI is InChI=1S/C13H21NO3/c1-11-12(14)5-3-6-13(11)17-10-9-16-8-4-7-15-2/h3,5-6H,4,7-10,14H2,1-2H3. The van der Waals surface area contributed by atoms with Gasteiger partial charge in [0.1, 0.15) is 12.4 Å². The van der Waals surface area contributed by atoms with Crippen molar-refractivity contribution in [2.45, 2.75) is 13.3 Å². The van der Waals surface area contributed by atoms with Crippen LogP contribution >= 0.6 is 0 Å². The van der Waals surface area contributed by atoms with E-state index in [1.54, 1.807) is 7.11 Å². The fourth-order valence-corrected chi connectivity index (χ4v) is 1.41. The largest absolute Gasteiger partial charge is 0.491 e. The highest BCUT2D eigenvalue weighted by atomic mass is 16.5. The molecule has 1 aromatic carbocycles. The van der Waals surface area contributed by atoms with E-state index in [1.807, 2.05) is 25.1 Å². The first kappa shape index (κ1) is 13.8. The summed E-state index contributed by atoms with van der Waals surface area (Å²) in [6, 6.07) is 5.66. The lowest BCUT2D eigenvalue weighted by molar-refractivity contribution is 0.0805. The number of ether oxygens (including phenoxy) is 3. The molecule has 0 fully saturated rings. The number of methoxy groups -OCH3 is 1. The molecule has 0 aromatic heterocycles. The van der Waals surface area contributed by atoms with E-state index in [0.29, 0.717) is 19.8 Å². The third kappa shape index (κ3) is 5.06. The minimum Gasteiger partial charge on any atom is -0.491 e. The average Bonchev–Trinajstić information content (AvgIpc) is 2.33. The molecule has 0 aliphatic rings. The number of hydrogen-bond acceptors (Lipinski definition) is 4. The summed E-state index contributed by atoms with van der Waals surface area (Å²) < 4.78 is 15.9. The molecule has 17 heavy (non-hydrogen) atoms. The molecular weight excluding hydrogens is 218 g/mol. The molecule has 0 unspecified atom stereocenters. The number of anilines is 1. The van der Waals surface area contributed by atoms with Gasteiger partial charge in [-0.25, -0.2) is 0 Å². The Morgan fingerprint density at radius 2 is 1.94 bits per heavy atom. The Hall–Kier alpha value is -1.26. The Kier molecular flexibility index (Phi) is 6.43. The van der Waals surface area contributed by atoms with Crippen LogP contribution in [0.5, 0.6) is 5.75 Å². The van der Waals surface area contributed by atoms with Crippen LogP contribution in [0.4, 0.5) is 5.69 Å². The highest BCUT2D eigenvalue weighted by molar-refractivity contribution is 5.53. The van der Waals surface area contributed by atoms with Crippen molar-refractivity contribution in [3.05, 3.63) is 23.8 Å². The monoisotopic (exact) mass is 239 g/mol. The first-order valence-corrected chi connectivity index (χ1v) is 5.80. The molecule has 0 amide bonds. The van der Waals surface area contributed by atoms with Crippen LogP contribution < -0.4 is 10.5 Å². The van der Waals surface area contributed by atoms with E-state index in [4.69, 9.17) is 19.9 Å². The predicted octanol–water partition coefficient (Wildman–Crippen LogP) is 2.01. The summed E-state index contributed by atoms with van der Waals surface area (Å²) in [5, 5.41) is 0. The lowest BCUT2D eigenvalue weighted by Crippen LogP contribution is -2.09. The van der Waals surface area contributed by atoms with Gasteiger partial charge in [0, 0.05) is 31.6 Å². The molecule has 0 atom stereocenters. The number of benzene rings is 1. The zero-order chi connectivity index (χ0) is 12.5. The van der Waals surface area contributed by atoms with Gasteiger partial charge in [0.15, 0.2) is 0 Å². The van der Waals surface area contributed by atoms with Crippen LogP contribution in [0.2, 0.25) is 0 Å². The molecule has 0 radical (unpaired) electrons. The van der Waals surface area contributed by atoms with E-state index in [0.717, 1.165) is 30.0 Å². The Morgan fingerprint density at radius 3 is 2.71 bits per heavy atom. The maximum Gasteiger partial charge on any atom is 0.124 e. The van der Waals surface area contributed by atoms with Gasteiger partial charge >= 0.3 is 0 Å². The third-order valence-corrected chi connectivity index (χ3v) is 2.45. The Balaban J connectivity index is 2.16. The van der Waals surface area contributed by atoms with Gasteiger partial charge in [-0.2, -0.15) is 0 Å². The zero-order valence-electron chi connectivity index (χ0n) is 10.6. The molecule has 0 saturated carbocycles. The number of nitrogen functional groups attached to an aromatic ring is 1. The topological polar surface area (TPSA) is 53.7 Å². The predicted molar refractivity (Wildman–Crippen MR) is 68.4 cm³/mol. The fourth-order valence-electron chi connectivity index (χ4n) is 1.41. The minimum atomic E-state index is 0.539. The SMILES string of the molecule is COCCCOCCOc1cccc(N)c1C. The van der Waals surface area contributed by atoms with E-state index in [1.165, 1.54) is 0 Å². The van der Waals surface area contributed by atoms with Crippen LogP contribution in [0.15, 0.2) is 18.2 Å². The molecule has 0 saturated heterocycles. The van der Waals surface area contributed by atoms with Gasteiger partial charge in [0.05, 0.1) is 6.61 Å². The van der Waals surface area contributed by atoms with Gasteiger partial charge in [0.25, 0.3) is 0 Å². The second kappa shape index (κ2) is 7.92. The molecule has 4 heteroatoms. The lowest BCUT2D eigenvalue weighted by atomic mass is 10.2. The highest BCUT2D eigenvalue weighted by Gasteiger charge is 2.01. The minimum absolute atomic E-state index is 0.539. The van der Waals surface area contributed by atoms with Crippen LogP contribution in [0, 0.1) is 6.92 Å². The molecular formula is C13H21NO3. The Morgan fingerprint density at radius 1 is 1.12 bits per heavy atom. The summed E-state index contributed by atoms with van der Waals surface area (Å²) in [7, 11) is 1.69. The Bertz CT molecular complexity index is 328. The van der Waals surface area contributed by atoms with Gasteiger partial charge in [-0.05, 0) is 25.5 Å². The maximum absolute atomic E-state index is 5.78. The number of nitrogens with two attached hydrogens (primary N) is 1. The fraction of sp³-hybridized carbons (Fsp3) is 0.538. The van der Waals surface area contributed by atoms with Crippen molar-refractivity contribution in [2.75, 3.05) is 39.3 Å². The highest BCUT2D eigenvalue weighted by Crippen LogP contribution is 2.22. The smallest absolute Gasteiger partial charge is 0.124 e. The molecule has 1 aromatic rings. The average molecular weight is 239 g/mol. The van der Waals surface area contributed by atoms with E-state index in [9.17, 15) is 0 Å². The van der Waals surface area contributed by atoms with Crippen molar-refractivity contribution in [1.29, 1.82) is 0 Å². The van der Waals surface area contributed by atoms with Crippen molar-refractivity contribution < 1.29 is 14.2 Å². The summed E-state index contributed by atoms with van der Waals surface area (Å²) in [5.74, 6) is 0.825. The van der Waals surface area contributed by atoms with Crippen LogP contribution in [0.1, 0.15) is 12.0 Å². The zero-order valence-corrected chi connectivity index (χ0v) is 10.6. The molecule has 0 aliphatic heterocycles. The Labute approximate surface area is 103 Å². The van der Waals surface area contributed by atoms with E-state index in [2.05, 4.69) is 0 Å². The number of rotatable bonds is 8. The third-order valence-electron chi connectivity index (χ3n) is 2.45. The molecule has 4 nitrogen and oxygen atoms in total. The normalized spacial score (nSPS) is 10.5. The van der Waals surface area contributed by atoms with Gasteiger partial charge in [0.2, 0.25) is 0 Å². The first-order valence-electron chi connectivity index (χ1n) is 5.80. The maximum atomic E-state index is 5.78. The summed E-state index contributed by atoms with van der Waals surface area (Å²) in [5.41, 5.74) is 7.51. The quantitative estimate of drug-likeness (QED) is 0.557. The van der Waals surface area contributed by atoms with Gasteiger partial charge < -0.3 is 19.9 Å². The van der Waals surface area contributed by atoms with Crippen LogP contribution in [0.3, 0.4) is 0 Å². The summed E-state index contributed by atoms with van der Waals surface area (Å²) in [6.07, 6.45) is 0.911. The molecule has 0 spiro atoms. The summed E-state index contributed by atoms with van der Waals surface area (Å²) >= 11 is 0. The van der Waals surface area contributed by atoms with Gasteiger partial charge in [-0.15, -0.1) is 0 Å². The second-order valence-corrected chi connectivity index (χ2v) is 3.78. The summed E-state index contributed by atoms with van der Waals surface area (Å²) in [4.78, 5) is 0.